The van der Waals surface area contributed by atoms with Crippen LogP contribution in [0.1, 0.15) is 33.3 Å². The van der Waals surface area contributed by atoms with Crippen molar-refractivity contribution in [3.05, 3.63) is 42.2 Å². The fraction of sp³-hybridized carbons (Fsp3) is 0.353. The van der Waals surface area contributed by atoms with Crippen LogP contribution in [0, 0.1) is 11.3 Å². The maximum Gasteiger partial charge on any atom is 0.498 e. The zero-order valence-corrected chi connectivity index (χ0v) is 13.7. The van der Waals surface area contributed by atoms with Gasteiger partial charge < -0.3 is 9.31 Å². The van der Waals surface area contributed by atoms with E-state index in [0.717, 1.165) is 11.0 Å². The van der Waals surface area contributed by atoms with E-state index in [0.29, 0.717) is 11.4 Å². The molecule has 1 aromatic heterocycles. The van der Waals surface area contributed by atoms with Crippen LogP contribution in [-0.2, 0) is 9.31 Å². The van der Waals surface area contributed by atoms with E-state index in [9.17, 15) is 0 Å². The van der Waals surface area contributed by atoms with Crippen molar-refractivity contribution in [2.24, 2.45) is 0 Å². The first-order valence-electron chi connectivity index (χ1n) is 7.50. The van der Waals surface area contributed by atoms with Crippen molar-refractivity contribution >= 4 is 12.6 Å². The van der Waals surface area contributed by atoms with Gasteiger partial charge in [-0.1, -0.05) is 12.1 Å². The molecule has 1 aliphatic rings. The number of rotatable bonds is 2. The fourth-order valence-corrected chi connectivity index (χ4v) is 2.32. The molecule has 0 spiro atoms. The van der Waals surface area contributed by atoms with Crippen molar-refractivity contribution < 1.29 is 9.31 Å². The second-order valence-electron chi connectivity index (χ2n) is 6.62. The Bertz CT molecular complexity index is 750. The average Bonchev–Trinajstić information content (AvgIpc) is 2.76. The minimum atomic E-state index is -0.473. The molecule has 0 saturated carbocycles. The van der Waals surface area contributed by atoms with E-state index < -0.39 is 18.3 Å². The molecule has 116 valence electrons. The summed E-state index contributed by atoms with van der Waals surface area (Å²) in [5.74, 6) is 0.572. The highest BCUT2D eigenvalue weighted by molar-refractivity contribution is 6.61. The zero-order valence-electron chi connectivity index (χ0n) is 13.7. The normalized spacial score (nSPS) is 18.7. The number of benzene rings is 1. The molecule has 3 rings (SSSR count). The van der Waals surface area contributed by atoms with E-state index in [2.05, 4.69) is 16.0 Å². The summed E-state index contributed by atoms with van der Waals surface area (Å²) in [6.07, 6.45) is 3.42. The minimum Gasteiger partial charge on any atom is -0.399 e. The first kappa shape index (κ1) is 15.7. The molecular formula is C17H18BN3O2. The average molecular weight is 307 g/mol. The molecule has 0 radical (unpaired) electrons. The molecule has 5 nitrogen and oxygen atoms in total. The topological polar surface area (TPSA) is 68.0 Å². The van der Waals surface area contributed by atoms with Gasteiger partial charge in [0, 0.05) is 23.4 Å². The van der Waals surface area contributed by atoms with Gasteiger partial charge in [-0.05, 0) is 39.8 Å². The Morgan fingerprint density at radius 1 is 1.04 bits per heavy atom. The Morgan fingerprint density at radius 3 is 2.22 bits per heavy atom. The van der Waals surface area contributed by atoms with Gasteiger partial charge in [0.1, 0.15) is 0 Å². The van der Waals surface area contributed by atoms with Crippen LogP contribution in [0.15, 0.2) is 36.7 Å². The predicted octanol–water partition coefficient (Wildman–Crippen LogP) is 2.31. The molecule has 0 atom stereocenters. The van der Waals surface area contributed by atoms with E-state index in [1.54, 1.807) is 24.5 Å². The molecule has 0 N–H and O–H groups in total. The molecule has 1 fully saturated rings. The summed E-state index contributed by atoms with van der Waals surface area (Å²) in [4.78, 5) is 8.77. The number of hydrogen-bond donors (Lipinski definition) is 0. The molecule has 0 aliphatic carbocycles. The Balaban J connectivity index is 1.85. The van der Waals surface area contributed by atoms with Gasteiger partial charge in [-0.25, -0.2) is 9.97 Å². The van der Waals surface area contributed by atoms with Crippen LogP contribution in [0.5, 0.6) is 0 Å². The first-order chi connectivity index (χ1) is 10.8. The monoisotopic (exact) mass is 307 g/mol. The summed E-state index contributed by atoms with van der Waals surface area (Å²) < 4.78 is 12.0. The second-order valence-corrected chi connectivity index (χ2v) is 6.62. The van der Waals surface area contributed by atoms with E-state index in [1.165, 1.54) is 0 Å². The Labute approximate surface area is 136 Å². The summed E-state index contributed by atoms with van der Waals surface area (Å²) in [5.41, 5.74) is 1.39. The summed E-state index contributed by atoms with van der Waals surface area (Å²) >= 11 is 0. The molecule has 0 unspecified atom stereocenters. The maximum atomic E-state index is 8.97. The van der Waals surface area contributed by atoms with Crippen LogP contribution >= 0.6 is 0 Å². The smallest absolute Gasteiger partial charge is 0.399 e. The van der Waals surface area contributed by atoms with Crippen molar-refractivity contribution in [2.75, 3.05) is 0 Å². The molecule has 2 aromatic rings. The largest absolute Gasteiger partial charge is 0.498 e. The van der Waals surface area contributed by atoms with E-state index in [-0.39, 0.29) is 0 Å². The van der Waals surface area contributed by atoms with Gasteiger partial charge in [-0.15, -0.1) is 0 Å². The SMILES string of the molecule is CC1(C)OB(c2cnc(-c3cccc(C#N)c3)nc2)OC1(C)C. The summed E-state index contributed by atoms with van der Waals surface area (Å²) in [5, 5.41) is 8.97. The van der Waals surface area contributed by atoms with Crippen LogP contribution in [0.3, 0.4) is 0 Å². The summed E-state index contributed by atoms with van der Waals surface area (Å²) in [6.45, 7) is 8.04. The van der Waals surface area contributed by atoms with Crippen molar-refractivity contribution in [3.63, 3.8) is 0 Å². The Kier molecular flexibility index (Phi) is 3.71. The third-order valence-electron chi connectivity index (χ3n) is 4.45. The van der Waals surface area contributed by atoms with Crippen molar-refractivity contribution in [2.45, 2.75) is 38.9 Å². The van der Waals surface area contributed by atoms with Crippen LogP contribution < -0.4 is 5.46 Å². The summed E-state index contributed by atoms with van der Waals surface area (Å²) in [6, 6.07) is 9.33. The number of nitriles is 1. The Morgan fingerprint density at radius 2 is 1.65 bits per heavy atom. The lowest BCUT2D eigenvalue weighted by Crippen LogP contribution is -2.41. The molecule has 1 saturated heterocycles. The van der Waals surface area contributed by atoms with Crippen molar-refractivity contribution in [3.8, 4) is 17.5 Å². The first-order valence-corrected chi connectivity index (χ1v) is 7.50. The molecule has 1 aromatic carbocycles. The number of nitrogens with zero attached hydrogens (tertiary/aromatic N) is 3. The molecule has 0 bridgehead atoms. The third kappa shape index (κ3) is 2.86. The van der Waals surface area contributed by atoms with Gasteiger partial charge >= 0.3 is 7.12 Å². The molecule has 6 heteroatoms. The quantitative estimate of drug-likeness (QED) is 0.796. The minimum absolute atomic E-state index is 0.391. The van der Waals surface area contributed by atoms with E-state index >= 15 is 0 Å². The summed E-state index contributed by atoms with van der Waals surface area (Å²) in [7, 11) is -0.473. The van der Waals surface area contributed by atoms with Gasteiger partial charge in [-0.2, -0.15) is 5.26 Å². The molecule has 0 amide bonds. The lowest BCUT2D eigenvalue weighted by molar-refractivity contribution is 0.00578. The standard InChI is InChI=1S/C17H18BN3O2/c1-16(2)17(3,4)23-18(22-16)14-10-20-15(21-11-14)13-7-5-6-12(8-13)9-19/h5-8,10-11H,1-4H3. The zero-order chi connectivity index (χ0) is 16.7. The lowest BCUT2D eigenvalue weighted by atomic mass is 9.81. The predicted molar refractivity (Wildman–Crippen MR) is 87.9 cm³/mol. The van der Waals surface area contributed by atoms with Gasteiger partial charge in [0.25, 0.3) is 0 Å². The van der Waals surface area contributed by atoms with E-state index in [1.807, 2.05) is 39.8 Å². The lowest BCUT2D eigenvalue weighted by Gasteiger charge is -2.32. The van der Waals surface area contributed by atoms with Gasteiger partial charge in [0.05, 0.1) is 22.8 Å². The second kappa shape index (κ2) is 5.45. The highest BCUT2D eigenvalue weighted by Crippen LogP contribution is 2.36. The van der Waals surface area contributed by atoms with E-state index in [4.69, 9.17) is 14.6 Å². The van der Waals surface area contributed by atoms with Crippen LogP contribution in [0.25, 0.3) is 11.4 Å². The van der Waals surface area contributed by atoms with Crippen LogP contribution in [-0.4, -0.2) is 28.3 Å². The molecule has 2 heterocycles. The van der Waals surface area contributed by atoms with Crippen molar-refractivity contribution in [1.29, 1.82) is 5.26 Å². The maximum absolute atomic E-state index is 8.97. The van der Waals surface area contributed by atoms with Gasteiger partial charge in [0.2, 0.25) is 0 Å². The highest BCUT2D eigenvalue weighted by atomic mass is 16.7. The fourth-order valence-electron chi connectivity index (χ4n) is 2.32. The van der Waals surface area contributed by atoms with Gasteiger partial charge in [0.15, 0.2) is 5.82 Å². The molecule has 1 aliphatic heterocycles. The molecule has 23 heavy (non-hydrogen) atoms. The van der Waals surface area contributed by atoms with Crippen molar-refractivity contribution in [1.82, 2.24) is 9.97 Å². The Hall–Kier alpha value is -2.23. The van der Waals surface area contributed by atoms with Gasteiger partial charge in [-0.3, -0.25) is 0 Å². The molecular weight excluding hydrogens is 289 g/mol. The third-order valence-corrected chi connectivity index (χ3v) is 4.45. The number of hydrogen-bond acceptors (Lipinski definition) is 5. The van der Waals surface area contributed by atoms with Crippen LogP contribution in [0.4, 0.5) is 0 Å². The highest BCUT2D eigenvalue weighted by Gasteiger charge is 2.51. The van der Waals surface area contributed by atoms with Crippen LogP contribution in [0.2, 0.25) is 0 Å². The number of aromatic nitrogens is 2.